The molecule has 0 aliphatic carbocycles. The molecule has 5 nitrogen and oxygen atoms in total. The van der Waals surface area contributed by atoms with E-state index >= 15 is 0 Å². The van der Waals surface area contributed by atoms with Crippen molar-refractivity contribution >= 4 is 11.0 Å². The summed E-state index contributed by atoms with van der Waals surface area (Å²) in [6, 6.07) is 8.29. The number of nitrogens with one attached hydrogen (secondary N) is 1. The van der Waals surface area contributed by atoms with Gasteiger partial charge in [-0.1, -0.05) is 19.1 Å². The highest BCUT2D eigenvalue weighted by Crippen LogP contribution is 2.18. The molecule has 0 saturated carbocycles. The number of fused-ring (bicyclic) bond motifs is 1. The van der Waals surface area contributed by atoms with E-state index in [2.05, 4.69) is 35.1 Å². The quantitative estimate of drug-likeness (QED) is 0.598. The molecule has 0 aliphatic rings. The molecule has 0 aliphatic heterocycles. The molecule has 110 valence electrons. The topological polar surface area (TPSA) is 65.1 Å². The second-order valence-corrected chi connectivity index (χ2v) is 5.09. The van der Waals surface area contributed by atoms with Gasteiger partial charge in [0.15, 0.2) is 0 Å². The van der Waals surface area contributed by atoms with E-state index in [-0.39, 0.29) is 12.1 Å². The number of nitrogens with zero attached hydrogens (tertiary/aromatic N) is 2. The smallest absolute Gasteiger partial charge is 0.111 e. The van der Waals surface area contributed by atoms with Crippen LogP contribution in [0.2, 0.25) is 0 Å². The number of benzene rings is 1. The van der Waals surface area contributed by atoms with E-state index in [1.165, 1.54) is 5.52 Å². The van der Waals surface area contributed by atoms with Gasteiger partial charge >= 0.3 is 0 Å². The lowest BCUT2D eigenvalue weighted by atomic mass is 10.1. The van der Waals surface area contributed by atoms with Crippen LogP contribution in [0.25, 0.3) is 11.0 Å². The number of ether oxygens (including phenoxy) is 1. The van der Waals surface area contributed by atoms with E-state index in [0.717, 1.165) is 30.7 Å². The summed E-state index contributed by atoms with van der Waals surface area (Å²) in [6.45, 7) is 5.15. The average Bonchev–Trinajstić information content (AvgIpc) is 2.82. The van der Waals surface area contributed by atoms with E-state index in [0.29, 0.717) is 0 Å². The number of aromatic nitrogens is 2. The van der Waals surface area contributed by atoms with Crippen LogP contribution in [0.5, 0.6) is 0 Å². The first-order chi connectivity index (χ1) is 9.71. The highest BCUT2D eigenvalue weighted by atomic mass is 16.5. The molecule has 1 heterocycles. The number of hydrogen-bond donors (Lipinski definition) is 2. The maximum absolute atomic E-state index is 5.65. The van der Waals surface area contributed by atoms with Gasteiger partial charge in [-0.2, -0.15) is 0 Å². The number of rotatable bonds is 7. The highest BCUT2D eigenvalue weighted by molar-refractivity contribution is 5.75. The number of para-hydroxylation sites is 2. The predicted octanol–water partition coefficient (Wildman–Crippen LogP) is 1.86. The molecule has 0 fully saturated rings. The summed E-state index contributed by atoms with van der Waals surface area (Å²) in [7, 11) is 1.70. The van der Waals surface area contributed by atoms with Gasteiger partial charge in [0.25, 0.3) is 0 Å². The number of methoxy groups -OCH3 is 1. The minimum atomic E-state index is 0.0369. The first kappa shape index (κ1) is 15.0. The van der Waals surface area contributed by atoms with Crippen molar-refractivity contribution in [2.45, 2.75) is 45.4 Å². The third-order valence-corrected chi connectivity index (χ3v) is 3.74. The molecule has 1 aromatic carbocycles. The van der Waals surface area contributed by atoms with Gasteiger partial charge in [0, 0.05) is 20.1 Å². The Morgan fingerprint density at radius 2 is 2.15 bits per heavy atom. The molecule has 2 unspecified atom stereocenters. The van der Waals surface area contributed by atoms with Gasteiger partial charge in [-0.05, 0) is 25.5 Å². The molecular weight excluding hydrogens is 252 g/mol. The van der Waals surface area contributed by atoms with Crippen molar-refractivity contribution in [2.24, 2.45) is 5.84 Å². The Kier molecular flexibility index (Phi) is 5.11. The molecular formula is C15H24N4O. The van der Waals surface area contributed by atoms with Crippen LogP contribution < -0.4 is 11.3 Å². The Balaban J connectivity index is 2.34. The Bertz CT molecular complexity index is 552. The summed E-state index contributed by atoms with van der Waals surface area (Å²) in [5, 5.41) is 0. The van der Waals surface area contributed by atoms with Crippen LogP contribution >= 0.6 is 0 Å². The highest BCUT2D eigenvalue weighted by Gasteiger charge is 2.19. The molecule has 0 bridgehead atoms. The van der Waals surface area contributed by atoms with Crippen molar-refractivity contribution < 1.29 is 4.74 Å². The number of hydrazine groups is 1. The van der Waals surface area contributed by atoms with Crippen molar-refractivity contribution in [2.75, 3.05) is 7.11 Å². The van der Waals surface area contributed by atoms with Crippen LogP contribution in [0.3, 0.4) is 0 Å². The van der Waals surface area contributed by atoms with Crippen LogP contribution in [-0.4, -0.2) is 28.8 Å². The van der Waals surface area contributed by atoms with Gasteiger partial charge in [0.05, 0.1) is 23.2 Å². The number of nitrogens with two attached hydrogens (primary N) is 1. The van der Waals surface area contributed by atoms with Crippen LogP contribution in [-0.2, 0) is 17.7 Å². The Labute approximate surface area is 120 Å². The first-order valence-corrected chi connectivity index (χ1v) is 7.14. The summed E-state index contributed by atoms with van der Waals surface area (Å²) < 4.78 is 7.65. The fourth-order valence-electron chi connectivity index (χ4n) is 2.48. The third-order valence-electron chi connectivity index (χ3n) is 3.74. The summed E-state index contributed by atoms with van der Waals surface area (Å²) >= 11 is 0. The minimum absolute atomic E-state index is 0.0369. The SMILES string of the molecule is CCCn1c(CC(NN)C(C)OC)nc2ccccc21. The lowest BCUT2D eigenvalue weighted by molar-refractivity contribution is 0.0822. The second kappa shape index (κ2) is 6.83. The fraction of sp³-hybridized carbons (Fsp3) is 0.533. The van der Waals surface area contributed by atoms with E-state index in [4.69, 9.17) is 15.6 Å². The third kappa shape index (κ3) is 3.00. The maximum Gasteiger partial charge on any atom is 0.111 e. The van der Waals surface area contributed by atoms with Gasteiger partial charge in [0.2, 0.25) is 0 Å². The normalized spacial score (nSPS) is 14.6. The Morgan fingerprint density at radius 3 is 2.80 bits per heavy atom. The molecule has 5 heteroatoms. The van der Waals surface area contributed by atoms with Gasteiger partial charge in [-0.25, -0.2) is 4.98 Å². The molecule has 2 atom stereocenters. The first-order valence-electron chi connectivity index (χ1n) is 7.14. The zero-order valence-electron chi connectivity index (χ0n) is 12.5. The molecule has 1 aromatic heterocycles. The van der Waals surface area contributed by atoms with Crippen LogP contribution in [0.1, 0.15) is 26.1 Å². The molecule has 3 N–H and O–H groups in total. The van der Waals surface area contributed by atoms with E-state index < -0.39 is 0 Å². The van der Waals surface area contributed by atoms with E-state index in [9.17, 15) is 0 Å². The molecule has 0 amide bonds. The van der Waals surface area contributed by atoms with Crippen LogP contribution in [0.4, 0.5) is 0 Å². The molecule has 2 aromatic rings. The largest absolute Gasteiger partial charge is 0.380 e. The lowest BCUT2D eigenvalue weighted by Gasteiger charge is -2.22. The molecule has 0 radical (unpaired) electrons. The van der Waals surface area contributed by atoms with Gasteiger partial charge in [-0.15, -0.1) is 0 Å². The van der Waals surface area contributed by atoms with Crippen molar-refractivity contribution in [1.29, 1.82) is 0 Å². The zero-order valence-corrected chi connectivity index (χ0v) is 12.5. The zero-order chi connectivity index (χ0) is 14.5. The fourth-order valence-corrected chi connectivity index (χ4v) is 2.48. The summed E-state index contributed by atoms with van der Waals surface area (Å²) in [6.07, 6.45) is 1.86. The van der Waals surface area contributed by atoms with Gasteiger partial charge in [-0.3, -0.25) is 11.3 Å². The number of aryl methyl sites for hydroxylation is 1. The van der Waals surface area contributed by atoms with Crippen molar-refractivity contribution in [3.63, 3.8) is 0 Å². The van der Waals surface area contributed by atoms with Crippen molar-refractivity contribution in [3.05, 3.63) is 30.1 Å². The summed E-state index contributed by atoms with van der Waals surface area (Å²) in [4.78, 5) is 4.75. The van der Waals surface area contributed by atoms with Crippen molar-refractivity contribution in [1.82, 2.24) is 15.0 Å². The Hall–Kier alpha value is -1.43. The summed E-state index contributed by atoms with van der Waals surface area (Å²) in [5.74, 6) is 6.70. The molecule has 0 saturated heterocycles. The number of hydrogen-bond acceptors (Lipinski definition) is 4. The lowest BCUT2D eigenvalue weighted by Crippen LogP contribution is -2.45. The molecule has 2 rings (SSSR count). The molecule has 20 heavy (non-hydrogen) atoms. The average molecular weight is 276 g/mol. The van der Waals surface area contributed by atoms with Crippen molar-refractivity contribution in [3.8, 4) is 0 Å². The Morgan fingerprint density at radius 1 is 1.40 bits per heavy atom. The predicted molar refractivity (Wildman–Crippen MR) is 81.3 cm³/mol. The van der Waals surface area contributed by atoms with Crippen LogP contribution in [0, 0.1) is 0 Å². The van der Waals surface area contributed by atoms with Crippen LogP contribution in [0.15, 0.2) is 24.3 Å². The molecule has 0 spiro atoms. The van der Waals surface area contributed by atoms with E-state index in [1.54, 1.807) is 7.11 Å². The maximum atomic E-state index is 5.65. The standard InChI is InChI=1S/C15H24N4O/c1-4-9-19-14-8-6-5-7-12(14)17-15(19)10-13(18-16)11(2)20-3/h5-8,11,13,18H,4,9-10,16H2,1-3H3. The monoisotopic (exact) mass is 276 g/mol. The number of imidazole rings is 1. The van der Waals surface area contributed by atoms with Gasteiger partial charge in [0.1, 0.15) is 5.82 Å². The van der Waals surface area contributed by atoms with Gasteiger partial charge < -0.3 is 9.30 Å². The van der Waals surface area contributed by atoms with E-state index in [1.807, 2.05) is 13.0 Å². The summed E-state index contributed by atoms with van der Waals surface area (Å²) in [5.41, 5.74) is 5.06. The minimum Gasteiger partial charge on any atom is -0.380 e. The second-order valence-electron chi connectivity index (χ2n) is 5.09.